The molecule has 2 aromatic carbocycles. The third-order valence-electron chi connectivity index (χ3n) is 6.71. The quantitative estimate of drug-likeness (QED) is 0.198. The number of unbranched alkanes of at least 4 members (excludes halogenated alkanes) is 1. The predicted octanol–water partition coefficient (Wildman–Crippen LogP) is 7.08. The van der Waals surface area contributed by atoms with Gasteiger partial charge in [-0.2, -0.15) is 0 Å². The number of ether oxygens (including phenoxy) is 1. The van der Waals surface area contributed by atoms with Gasteiger partial charge in [-0.1, -0.05) is 78.5 Å². The average molecular weight is 515 g/mol. The first-order chi connectivity index (χ1) is 16.0. The van der Waals surface area contributed by atoms with Crippen LogP contribution in [0.3, 0.4) is 0 Å². The van der Waals surface area contributed by atoms with Crippen molar-refractivity contribution >= 4 is 33.5 Å². The van der Waals surface area contributed by atoms with Crippen molar-refractivity contribution in [2.75, 3.05) is 11.9 Å². The Morgan fingerprint density at radius 2 is 1.85 bits per heavy atom. The number of aryl methyl sites for hydroxylation is 1. The molecule has 0 radical (unpaired) electrons. The molecule has 0 aliphatic heterocycles. The van der Waals surface area contributed by atoms with E-state index in [-0.39, 0.29) is 17.8 Å². The summed E-state index contributed by atoms with van der Waals surface area (Å²) in [6.45, 7) is 4.58. The van der Waals surface area contributed by atoms with Crippen LogP contribution in [0.1, 0.15) is 80.0 Å². The Labute approximate surface area is 206 Å². The minimum Gasteiger partial charge on any atom is -0.466 e. The van der Waals surface area contributed by atoms with E-state index in [2.05, 4.69) is 52.4 Å². The predicted molar refractivity (Wildman–Crippen MR) is 138 cm³/mol. The number of amides is 1. The van der Waals surface area contributed by atoms with Gasteiger partial charge in [-0.25, -0.2) is 0 Å². The summed E-state index contributed by atoms with van der Waals surface area (Å²) in [6, 6.07) is 14.3. The van der Waals surface area contributed by atoms with E-state index in [0.29, 0.717) is 25.4 Å². The standard InChI is InChI=1S/C28H36BrNO3/c1-3-4-18-33-26(31)17-16-22-10-7-11-25(20(22)2)30-28(32)27(23-8-5-6-9-23)24-14-12-21(19-29)13-15-24/h7,10-15,23,27H,3-6,8-9,16-19H2,1-2H3,(H,30,32). The van der Waals surface area contributed by atoms with Crippen molar-refractivity contribution in [3.8, 4) is 0 Å². The zero-order chi connectivity index (χ0) is 23.6. The number of esters is 1. The number of alkyl halides is 1. The van der Waals surface area contributed by atoms with Crippen LogP contribution in [0.25, 0.3) is 0 Å². The fourth-order valence-electron chi connectivity index (χ4n) is 4.68. The van der Waals surface area contributed by atoms with E-state index in [1.165, 1.54) is 18.4 Å². The number of halogens is 1. The number of carbonyl (C=O) groups is 2. The summed E-state index contributed by atoms with van der Waals surface area (Å²) in [6.07, 6.45) is 7.44. The van der Waals surface area contributed by atoms with Gasteiger partial charge >= 0.3 is 5.97 Å². The number of benzene rings is 2. The largest absolute Gasteiger partial charge is 0.466 e. The van der Waals surface area contributed by atoms with Gasteiger partial charge in [0.25, 0.3) is 0 Å². The van der Waals surface area contributed by atoms with E-state index in [1.54, 1.807) is 0 Å². The summed E-state index contributed by atoms with van der Waals surface area (Å²) in [5, 5.41) is 4.03. The Hall–Kier alpha value is -2.14. The van der Waals surface area contributed by atoms with E-state index < -0.39 is 0 Å². The molecule has 1 aliphatic carbocycles. The summed E-state index contributed by atoms with van der Waals surface area (Å²) >= 11 is 3.50. The molecule has 33 heavy (non-hydrogen) atoms. The summed E-state index contributed by atoms with van der Waals surface area (Å²) in [5.74, 6) is 0.132. The van der Waals surface area contributed by atoms with Crippen LogP contribution in [0, 0.1) is 12.8 Å². The molecule has 4 nitrogen and oxygen atoms in total. The monoisotopic (exact) mass is 513 g/mol. The first-order valence-corrected chi connectivity index (χ1v) is 13.4. The van der Waals surface area contributed by atoms with E-state index in [1.807, 2.05) is 25.1 Å². The molecule has 2 aromatic rings. The van der Waals surface area contributed by atoms with Gasteiger partial charge < -0.3 is 10.1 Å². The third-order valence-corrected chi connectivity index (χ3v) is 7.36. The molecule has 0 bridgehead atoms. The fourth-order valence-corrected chi connectivity index (χ4v) is 5.06. The van der Waals surface area contributed by atoms with Crippen molar-refractivity contribution < 1.29 is 14.3 Å². The molecular weight excluding hydrogens is 478 g/mol. The van der Waals surface area contributed by atoms with Gasteiger partial charge in [-0.05, 0) is 66.8 Å². The molecule has 1 fully saturated rings. The summed E-state index contributed by atoms with van der Waals surface area (Å²) in [7, 11) is 0. The lowest BCUT2D eigenvalue weighted by Gasteiger charge is -2.24. The van der Waals surface area contributed by atoms with Crippen molar-refractivity contribution in [3.05, 3.63) is 64.7 Å². The van der Waals surface area contributed by atoms with Gasteiger partial charge in [0.1, 0.15) is 0 Å². The molecule has 0 aromatic heterocycles. The Morgan fingerprint density at radius 1 is 1.12 bits per heavy atom. The minimum absolute atomic E-state index is 0.0627. The maximum atomic E-state index is 13.5. The number of anilines is 1. The molecule has 0 spiro atoms. The van der Waals surface area contributed by atoms with Crippen LogP contribution in [0.5, 0.6) is 0 Å². The highest BCUT2D eigenvalue weighted by atomic mass is 79.9. The smallest absolute Gasteiger partial charge is 0.306 e. The molecule has 1 unspecified atom stereocenters. The first kappa shape index (κ1) is 25.5. The van der Waals surface area contributed by atoms with Crippen molar-refractivity contribution in [1.82, 2.24) is 0 Å². The van der Waals surface area contributed by atoms with Crippen LogP contribution in [0.2, 0.25) is 0 Å². The molecule has 5 heteroatoms. The van der Waals surface area contributed by atoms with Crippen LogP contribution in [-0.2, 0) is 26.1 Å². The molecule has 1 aliphatic rings. The Morgan fingerprint density at radius 3 is 2.52 bits per heavy atom. The lowest BCUT2D eigenvalue weighted by molar-refractivity contribution is -0.143. The molecule has 0 heterocycles. The van der Waals surface area contributed by atoms with E-state index in [4.69, 9.17) is 4.74 Å². The Balaban J connectivity index is 1.71. The zero-order valence-electron chi connectivity index (χ0n) is 19.9. The normalized spacial score (nSPS) is 14.8. The number of hydrogen-bond donors (Lipinski definition) is 1. The lowest BCUT2D eigenvalue weighted by atomic mass is 9.83. The van der Waals surface area contributed by atoms with Crippen molar-refractivity contribution in [3.63, 3.8) is 0 Å². The van der Waals surface area contributed by atoms with Gasteiger partial charge in [0.15, 0.2) is 0 Å². The molecule has 0 saturated heterocycles. The second kappa shape index (κ2) is 12.9. The second-order valence-corrected chi connectivity index (χ2v) is 9.61. The molecule has 1 amide bonds. The van der Waals surface area contributed by atoms with E-state index >= 15 is 0 Å². The van der Waals surface area contributed by atoms with E-state index in [0.717, 1.165) is 53.4 Å². The second-order valence-electron chi connectivity index (χ2n) is 9.05. The average Bonchev–Trinajstić information content (AvgIpc) is 3.35. The molecule has 178 valence electrons. The fraction of sp³-hybridized carbons (Fsp3) is 0.500. The lowest BCUT2D eigenvalue weighted by Crippen LogP contribution is -2.27. The molecule has 1 N–H and O–H groups in total. The van der Waals surface area contributed by atoms with Crippen LogP contribution < -0.4 is 5.32 Å². The molecule has 1 atom stereocenters. The first-order valence-electron chi connectivity index (χ1n) is 12.2. The van der Waals surface area contributed by atoms with Gasteiger partial charge in [0, 0.05) is 17.4 Å². The molecule has 1 saturated carbocycles. The minimum atomic E-state index is -0.162. The van der Waals surface area contributed by atoms with Crippen molar-refractivity contribution in [2.24, 2.45) is 5.92 Å². The van der Waals surface area contributed by atoms with Crippen molar-refractivity contribution in [1.29, 1.82) is 0 Å². The highest BCUT2D eigenvalue weighted by molar-refractivity contribution is 9.08. The van der Waals surface area contributed by atoms with Crippen LogP contribution in [0.15, 0.2) is 42.5 Å². The molecular formula is C28H36BrNO3. The van der Waals surface area contributed by atoms with Gasteiger partial charge in [-0.15, -0.1) is 0 Å². The Bertz CT molecular complexity index is 919. The van der Waals surface area contributed by atoms with Crippen LogP contribution in [0.4, 0.5) is 5.69 Å². The van der Waals surface area contributed by atoms with Crippen molar-refractivity contribution in [2.45, 2.75) is 76.5 Å². The SMILES string of the molecule is CCCCOC(=O)CCc1cccc(NC(=O)C(c2ccc(CBr)cc2)C2CCCC2)c1C. The number of carbonyl (C=O) groups excluding carboxylic acids is 2. The highest BCUT2D eigenvalue weighted by Gasteiger charge is 2.32. The van der Waals surface area contributed by atoms with Gasteiger partial charge in [0.05, 0.1) is 12.5 Å². The summed E-state index contributed by atoms with van der Waals surface area (Å²) in [4.78, 5) is 25.5. The topological polar surface area (TPSA) is 55.4 Å². The number of nitrogens with one attached hydrogen (secondary N) is 1. The highest BCUT2D eigenvalue weighted by Crippen LogP contribution is 2.38. The number of hydrogen-bond acceptors (Lipinski definition) is 3. The maximum Gasteiger partial charge on any atom is 0.306 e. The van der Waals surface area contributed by atoms with Gasteiger partial charge in [-0.3, -0.25) is 9.59 Å². The summed E-state index contributed by atoms with van der Waals surface area (Å²) in [5.41, 5.74) is 5.22. The van der Waals surface area contributed by atoms with Gasteiger partial charge in [0.2, 0.25) is 5.91 Å². The summed E-state index contributed by atoms with van der Waals surface area (Å²) < 4.78 is 5.28. The number of rotatable bonds is 11. The zero-order valence-corrected chi connectivity index (χ0v) is 21.5. The third kappa shape index (κ3) is 7.17. The van der Waals surface area contributed by atoms with Crippen LogP contribution >= 0.6 is 15.9 Å². The Kier molecular flexibility index (Phi) is 9.98. The van der Waals surface area contributed by atoms with Crippen LogP contribution in [-0.4, -0.2) is 18.5 Å². The maximum absolute atomic E-state index is 13.5. The molecule has 3 rings (SSSR count). The van der Waals surface area contributed by atoms with E-state index in [9.17, 15) is 9.59 Å².